The van der Waals surface area contributed by atoms with Gasteiger partial charge in [0.25, 0.3) is 0 Å². The molecular formula is C15H31N3O. The Morgan fingerprint density at radius 1 is 1.16 bits per heavy atom. The van der Waals surface area contributed by atoms with Gasteiger partial charge in [-0.1, -0.05) is 20.8 Å². The lowest BCUT2D eigenvalue weighted by Crippen LogP contribution is -2.51. The van der Waals surface area contributed by atoms with Crippen LogP contribution in [0.4, 0.5) is 0 Å². The van der Waals surface area contributed by atoms with Crippen molar-refractivity contribution in [3.05, 3.63) is 0 Å². The highest BCUT2D eigenvalue weighted by Gasteiger charge is 2.33. The molecule has 1 aliphatic heterocycles. The first-order valence-electron chi connectivity index (χ1n) is 7.30. The van der Waals surface area contributed by atoms with Gasteiger partial charge >= 0.3 is 0 Å². The molecule has 0 aromatic carbocycles. The number of nitrogens with zero attached hydrogens (tertiary/aromatic N) is 2. The molecule has 1 N–H and O–H groups in total. The molecule has 1 saturated heterocycles. The van der Waals surface area contributed by atoms with Crippen molar-refractivity contribution in [1.82, 2.24) is 15.1 Å². The van der Waals surface area contributed by atoms with Crippen molar-refractivity contribution < 1.29 is 4.79 Å². The van der Waals surface area contributed by atoms with Crippen LogP contribution in [0.5, 0.6) is 0 Å². The number of rotatable bonds is 4. The highest BCUT2D eigenvalue weighted by molar-refractivity contribution is 5.82. The van der Waals surface area contributed by atoms with Crippen LogP contribution in [0, 0.1) is 10.8 Å². The summed E-state index contributed by atoms with van der Waals surface area (Å²) in [6.45, 7) is 16.4. The molecule has 0 saturated carbocycles. The summed E-state index contributed by atoms with van der Waals surface area (Å²) in [5, 5.41) is 3.35. The summed E-state index contributed by atoms with van der Waals surface area (Å²) in [6, 6.07) is 0. The second-order valence-corrected chi connectivity index (χ2v) is 7.63. The second-order valence-electron chi connectivity index (χ2n) is 7.63. The minimum Gasteiger partial charge on any atom is -0.345 e. The maximum absolute atomic E-state index is 12.6. The molecule has 0 aromatic heterocycles. The summed E-state index contributed by atoms with van der Waals surface area (Å²) in [5.41, 5.74) is -0.160. The van der Waals surface area contributed by atoms with Crippen LogP contribution < -0.4 is 5.32 Å². The minimum absolute atomic E-state index is 0.148. The summed E-state index contributed by atoms with van der Waals surface area (Å²) >= 11 is 0. The van der Waals surface area contributed by atoms with Crippen molar-refractivity contribution in [2.24, 2.45) is 10.8 Å². The van der Waals surface area contributed by atoms with Crippen LogP contribution in [0.25, 0.3) is 0 Å². The quantitative estimate of drug-likeness (QED) is 0.838. The molecule has 1 amide bonds. The van der Waals surface area contributed by atoms with Gasteiger partial charge in [-0.05, 0) is 19.3 Å². The van der Waals surface area contributed by atoms with Gasteiger partial charge in [-0.2, -0.15) is 0 Å². The van der Waals surface area contributed by atoms with Crippen molar-refractivity contribution in [1.29, 1.82) is 0 Å². The van der Waals surface area contributed by atoms with E-state index in [1.807, 2.05) is 11.9 Å². The molecule has 0 atom stereocenters. The molecule has 112 valence electrons. The summed E-state index contributed by atoms with van der Waals surface area (Å²) in [7, 11) is 1.92. The van der Waals surface area contributed by atoms with E-state index >= 15 is 0 Å². The van der Waals surface area contributed by atoms with Gasteiger partial charge in [0.1, 0.15) is 0 Å². The van der Waals surface area contributed by atoms with E-state index in [1.54, 1.807) is 0 Å². The lowest BCUT2D eigenvalue weighted by molar-refractivity contribution is -0.141. The summed E-state index contributed by atoms with van der Waals surface area (Å²) in [6.07, 6.45) is 0. The molecule has 0 unspecified atom stereocenters. The Morgan fingerprint density at radius 3 is 2.16 bits per heavy atom. The fraction of sp³-hybridized carbons (Fsp3) is 0.933. The topological polar surface area (TPSA) is 35.6 Å². The van der Waals surface area contributed by atoms with Crippen molar-refractivity contribution in [3.63, 3.8) is 0 Å². The summed E-state index contributed by atoms with van der Waals surface area (Å²) in [4.78, 5) is 16.9. The molecule has 0 spiro atoms. The molecule has 0 aliphatic carbocycles. The fourth-order valence-electron chi connectivity index (χ4n) is 2.80. The second kappa shape index (κ2) is 6.23. The third-order valence-corrected chi connectivity index (χ3v) is 3.47. The Labute approximate surface area is 118 Å². The molecule has 1 fully saturated rings. The number of piperazine rings is 1. The SMILES string of the molecule is CN(CC(C)(C)C)C(=O)C(C)(C)CN1CCNCC1. The monoisotopic (exact) mass is 269 g/mol. The Balaban J connectivity index is 2.56. The molecule has 0 radical (unpaired) electrons. The van der Waals surface area contributed by atoms with Gasteiger partial charge in [-0.3, -0.25) is 9.69 Å². The summed E-state index contributed by atoms with van der Waals surface area (Å²) in [5.74, 6) is 0.251. The van der Waals surface area contributed by atoms with E-state index in [4.69, 9.17) is 0 Å². The van der Waals surface area contributed by atoms with E-state index in [0.29, 0.717) is 0 Å². The van der Waals surface area contributed by atoms with Crippen molar-refractivity contribution in [2.45, 2.75) is 34.6 Å². The zero-order valence-corrected chi connectivity index (χ0v) is 13.5. The van der Waals surface area contributed by atoms with Crippen LogP contribution in [0.3, 0.4) is 0 Å². The third kappa shape index (κ3) is 5.49. The smallest absolute Gasteiger partial charge is 0.229 e. The van der Waals surface area contributed by atoms with E-state index in [9.17, 15) is 4.79 Å². The molecule has 19 heavy (non-hydrogen) atoms. The third-order valence-electron chi connectivity index (χ3n) is 3.47. The van der Waals surface area contributed by atoms with E-state index < -0.39 is 0 Å². The first-order valence-corrected chi connectivity index (χ1v) is 7.30. The molecule has 1 rings (SSSR count). The van der Waals surface area contributed by atoms with Crippen LogP contribution in [-0.2, 0) is 4.79 Å². The number of hydrogen-bond acceptors (Lipinski definition) is 3. The maximum atomic E-state index is 12.6. The van der Waals surface area contributed by atoms with Crippen molar-refractivity contribution >= 4 is 5.91 Å². The van der Waals surface area contributed by atoms with E-state index in [-0.39, 0.29) is 16.7 Å². The zero-order chi connectivity index (χ0) is 14.7. The Morgan fingerprint density at radius 2 is 1.68 bits per heavy atom. The molecule has 0 aromatic rings. The maximum Gasteiger partial charge on any atom is 0.229 e. The van der Waals surface area contributed by atoms with Crippen molar-refractivity contribution in [2.75, 3.05) is 46.3 Å². The Kier molecular flexibility index (Phi) is 5.39. The number of amides is 1. The van der Waals surface area contributed by atoms with E-state index in [0.717, 1.165) is 39.3 Å². The molecule has 4 nitrogen and oxygen atoms in total. The van der Waals surface area contributed by atoms with Gasteiger partial charge in [0, 0.05) is 46.3 Å². The summed E-state index contributed by atoms with van der Waals surface area (Å²) < 4.78 is 0. The van der Waals surface area contributed by atoms with E-state index in [1.165, 1.54) is 0 Å². The van der Waals surface area contributed by atoms with Crippen LogP contribution in [0.1, 0.15) is 34.6 Å². The lowest BCUT2D eigenvalue weighted by Gasteiger charge is -2.37. The molecular weight excluding hydrogens is 238 g/mol. The normalized spacial score (nSPS) is 18.4. The number of nitrogens with one attached hydrogen (secondary N) is 1. The Hall–Kier alpha value is -0.610. The van der Waals surface area contributed by atoms with Crippen LogP contribution in [0.2, 0.25) is 0 Å². The van der Waals surface area contributed by atoms with Gasteiger partial charge in [-0.15, -0.1) is 0 Å². The fourth-order valence-corrected chi connectivity index (χ4v) is 2.80. The highest BCUT2D eigenvalue weighted by Crippen LogP contribution is 2.23. The largest absolute Gasteiger partial charge is 0.345 e. The average molecular weight is 269 g/mol. The lowest BCUT2D eigenvalue weighted by atomic mass is 9.89. The predicted octanol–water partition coefficient (Wildman–Crippen LogP) is 1.42. The first kappa shape index (κ1) is 16.4. The van der Waals surface area contributed by atoms with Crippen molar-refractivity contribution in [3.8, 4) is 0 Å². The average Bonchev–Trinajstić information content (AvgIpc) is 2.26. The van der Waals surface area contributed by atoms with Crippen LogP contribution in [0.15, 0.2) is 0 Å². The first-order chi connectivity index (χ1) is 8.62. The zero-order valence-electron chi connectivity index (χ0n) is 13.5. The molecule has 0 bridgehead atoms. The molecule has 1 aliphatic rings. The van der Waals surface area contributed by atoms with Gasteiger partial charge in [0.15, 0.2) is 0 Å². The highest BCUT2D eigenvalue weighted by atomic mass is 16.2. The van der Waals surface area contributed by atoms with Crippen LogP contribution >= 0.6 is 0 Å². The number of carbonyl (C=O) groups excluding carboxylic acids is 1. The Bertz CT molecular complexity index is 301. The van der Waals surface area contributed by atoms with Gasteiger partial charge in [0.2, 0.25) is 5.91 Å². The van der Waals surface area contributed by atoms with Gasteiger partial charge < -0.3 is 10.2 Å². The van der Waals surface area contributed by atoms with E-state index in [2.05, 4.69) is 44.8 Å². The minimum atomic E-state index is -0.308. The van der Waals surface area contributed by atoms with Gasteiger partial charge in [0.05, 0.1) is 5.41 Å². The number of hydrogen-bond donors (Lipinski definition) is 1. The standard InChI is InChI=1S/C15H31N3O/c1-14(2,3)11-17(6)13(19)15(4,5)12-18-9-7-16-8-10-18/h16H,7-12H2,1-6H3. The molecule has 1 heterocycles. The number of carbonyl (C=O) groups is 1. The van der Waals surface area contributed by atoms with Gasteiger partial charge in [-0.25, -0.2) is 0 Å². The van der Waals surface area contributed by atoms with Crippen LogP contribution in [-0.4, -0.2) is 62.0 Å². The predicted molar refractivity (Wildman–Crippen MR) is 80.2 cm³/mol. The molecule has 4 heteroatoms.